The molecule has 1 aromatic rings. The van der Waals surface area contributed by atoms with Gasteiger partial charge in [-0.3, -0.25) is 0 Å². The summed E-state index contributed by atoms with van der Waals surface area (Å²) in [6, 6.07) is 4.25. The number of rotatable bonds is 7. The molecule has 2 amide bonds. The summed E-state index contributed by atoms with van der Waals surface area (Å²) in [7, 11) is 5.62. The fraction of sp³-hybridized carbons (Fsp3) is 0.429. The van der Waals surface area contributed by atoms with Crippen molar-refractivity contribution in [2.45, 2.75) is 6.42 Å². The second kappa shape index (κ2) is 8.11. The number of amides is 2. The van der Waals surface area contributed by atoms with Crippen LogP contribution < -0.4 is 16.0 Å². The molecule has 0 saturated carbocycles. The van der Waals surface area contributed by atoms with Crippen molar-refractivity contribution >= 4 is 23.4 Å². The minimum atomic E-state index is -1.04. The quantitative estimate of drug-likeness (QED) is 0.572. The molecule has 0 aliphatic rings. The summed E-state index contributed by atoms with van der Waals surface area (Å²) in [5.41, 5.74) is 1.17. The molecule has 0 heterocycles. The molecule has 4 N–H and O–H groups in total. The summed E-state index contributed by atoms with van der Waals surface area (Å²) in [5.74, 6) is -1.04. The number of hydrogen-bond donors (Lipinski definition) is 4. The lowest BCUT2D eigenvalue weighted by Gasteiger charge is -2.12. The van der Waals surface area contributed by atoms with Crippen molar-refractivity contribution < 1.29 is 14.7 Å². The van der Waals surface area contributed by atoms with Crippen molar-refractivity contribution in [1.29, 1.82) is 0 Å². The van der Waals surface area contributed by atoms with Crippen molar-refractivity contribution in [3.05, 3.63) is 23.8 Å². The van der Waals surface area contributed by atoms with E-state index in [9.17, 15) is 9.59 Å². The van der Waals surface area contributed by atoms with Crippen LogP contribution in [0.25, 0.3) is 0 Å². The average molecular weight is 294 g/mol. The summed E-state index contributed by atoms with van der Waals surface area (Å²) >= 11 is 0. The zero-order valence-electron chi connectivity index (χ0n) is 12.6. The molecule has 0 atom stereocenters. The number of anilines is 2. The van der Waals surface area contributed by atoms with Gasteiger partial charge >= 0.3 is 12.0 Å². The maximum atomic E-state index is 11.7. The van der Waals surface area contributed by atoms with E-state index < -0.39 is 5.97 Å². The molecule has 21 heavy (non-hydrogen) atoms. The smallest absolute Gasteiger partial charge is 0.335 e. The third-order valence-electron chi connectivity index (χ3n) is 2.79. The van der Waals surface area contributed by atoms with Crippen LogP contribution in [0, 0.1) is 0 Å². The molecule has 0 saturated heterocycles. The Bertz CT molecular complexity index is 503. The highest BCUT2D eigenvalue weighted by Crippen LogP contribution is 2.18. The molecule has 1 rings (SSSR count). The Kier molecular flexibility index (Phi) is 6.48. The zero-order chi connectivity index (χ0) is 15.8. The van der Waals surface area contributed by atoms with Crippen LogP contribution >= 0.6 is 0 Å². The standard InChI is InChI=1S/C14H22N4O3/c1-15-11-7-10(13(19)20)8-12(9-11)17-14(21)16-5-4-6-18(2)3/h7-9,15H,4-6H2,1-3H3,(H,19,20)(H2,16,17,21). The fourth-order valence-corrected chi connectivity index (χ4v) is 1.74. The van der Waals surface area contributed by atoms with Crippen LogP contribution in [0.5, 0.6) is 0 Å². The summed E-state index contributed by atoms with van der Waals surface area (Å²) < 4.78 is 0. The topological polar surface area (TPSA) is 93.7 Å². The number of carboxylic acids is 1. The Balaban J connectivity index is 2.59. The second-order valence-electron chi connectivity index (χ2n) is 4.89. The van der Waals surface area contributed by atoms with Crippen molar-refractivity contribution in [2.75, 3.05) is 44.9 Å². The Morgan fingerprint density at radius 2 is 1.86 bits per heavy atom. The Labute approximate surface area is 124 Å². The van der Waals surface area contributed by atoms with E-state index in [1.807, 2.05) is 19.0 Å². The molecule has 0 aliphatic carbocycles. The van der Waals surface area contributed by atoms with Gasteiger partial charge in [-0.15, -0.1) is 0 Å². The first-order chi connectivity index (χ1) is 9.92. The maximum absolute atomic E-state index is 11.7. The molecule has 7 nitrogen and oxygen atoms in total. The Hall–Kier alpha value is -2.28. The highest BCUT2D eigenvalue weighted by atomic mass is 16.4. The molecule has 0 spiro atoms. The minimum absolute atomic E-state index is 0.116. The van der Waals surface area contributed by atoms with Gasteiger partial charge in [0.25, 0.3) is 0 Å². The van der Waals surface area contributed by atoms with E-state index in [0.717, 1.165) is 13.0 Å². The number of aromatic carboxylic acids is 1. The third-order valence-corrected chi connectivity index (χ3v) is 2.79. The highest BCUT2D eigenvalue weighted by Gasteiger charge is 2.08. The Morgan fingerprint density at radius 1 is 1.19 bits per heavy atom. The van der Waals surface area contributed by atoms with Crippen LogP contribution in [0.1, 0.15) is 16.8 Å². The average Bonchev–Trinajstić information content (AvgIpc) is 2.42. The number of benzene rings is 1. The summed E-state index contributed by atoms with van der Waals surface area (Å²) in [6.45, 7) is 1.44. The number of hydrogen-bond acceptors (Lipinski definition) is 4. The van der Waals surface area contributed by atoms with E-state index in [4.69, 9.17) is 5.11 Å². The lowest BCUT2D eigenvalue weighted by molar-refractivity contribution is 0.0697. The van der Waals surface area contributed by atoms with Crippen molar-refractivity contribution in [1.82, 2.24) is 10.2 Å². The Morgan fingerprint density at radius 3 is 2.43 bits per heavy atom. The first kappa shape index (κ1) is 16.8. The first-order valence-electron chi connectivity index (χ1n) is 6.68. The second-order valence-corrected chi connectivity index (χ2v) is 4.89. The third kappa shape index (κ3) is 6.13. The van der Waals surface area contributed by atoms with Gasteiger partial charge in [-0.25, -0.2) is 9.59 Å². The number of carbonyl (C=O) groups excluding carboxylic acids is 1. The summed E-state index contributed by atoms with van der Waals surface area (Å²) in [5, 5.41) is 17.2. The maximum Gasteiger partial charge on any atom is 0.335 e. The van der Waals surface area contributed by atoms with Crippen LogP contribution in [0.15, 0.2) is 18.2 Å². The van der Waals surface area contributed by atoms with Crippen LogP contribution in [0.3, 0.4) is 0 Å². The lowest BCUT2D eigenvalue weighted by atomic mass is 10.1. The van der Waals surface area contributed by atoms with Gasteiger partial charge in [0.15, 0.2) is 0 Å². The van der Waals surface area contributed by atoms with Crippen LogP contribution in [-0.2, 0) is 0 Å². The first-order valence-corrected chi connectivity index (χ1v) is 6.68. The van der Waals surface area contributed by atoms with Gasteiger partial charge in [-0.05, 0) is 45.3 Å². The molecule has 0 fully saturated rings. The van der Waals surface area contributed by atoms with E-state index in [1.165, 1.54) is 12.1 Å². The van der Waals surface area contributed by atoms with Gasteiger partial charge in [-0.2, -0.15) is 0 Å². The number of carboxylic acid groups (broad SMARTS) is 1. The normalized spacial score (nSPS) is 10.3. The molecule has 0 unspecified atom stereocenters. The predicted molar refractivity (Wildman–Crippen MR) is 83.1 cm³/mol. The molecule has 0 bridgehead atoms. The number of carbonyl (C=O) groups is 2. The van der Waals surface area contributed by atoms with Gasteiger partial charge in [-0.1, -0.05) is 0 Å². The number of nitrogens with zero attached hydrogens (tertiary/aromatic N) is 1. The zero-order valence-corrected chi connectivity index (χ0v) is 12.6. The molecule has 1 aromatic carbocycles. The van der Waals surface area contributed by atoms with Gasteiger partial charge in [0.2, 0.25) is 0 Å². The van der Waals surface area contributed by atoms with Crippen molar-refractivity contribution in [3.63, 3.8) is 0 Å². The number of nitrogens with one attached hydrogen (secondary N) is 3. The van der Waals surface area contributed by atoms with E-state index in [1.54, 1.807) is 13.1 Å². The predicted octanol–water partition coefficient (Wildman–Crippen LogP) is 1.50. The monoisotopic (exact) mass is 294 g/mol. The molecular formula is C14H22N4O3. The van der Waals surface area contributed by atoms with Gasteiger partial charge < -0.3 is 26.0 Å². The minimum Gasteiger partial charge on any atom is -0.478 e. The number of urea groups is 1. The molecule has 0 aromatic heterocycles. The summed E-state index contributed by atoms with van der Waals surface area (Å²) in [4.78, 5) is 24.8. The molecule has 116 valence electrons. The summed E-state index contributed by atoms with van der Waals surface area (Å²) in [6.07, 6.45) is 0.845. The largest absolute Gasteiger partial charge is 0.478 e. The SMILES string of the molecule is CNc1cc(NC(=O)NCCCN(C)C)cc(C(=O)O)c1. The van der Waals surface area contributed by atoms with Gasteiger partial charge in [0, 0.05) is 25.0 Å². The highest BCUT2D eigenvalue weighted by molar-refractivity contribution is 5.94. The van der Waals surface area contributed by atoms with Crippen LogP contribution in [0.4, 0.5) is 16.2 Å². The van der Waals surface area contributed by atoms with Crippen molar-refractivity contribution in [2.24, 2.45) is 0 Å². The lowest BCUT2D eigenvalue weighted by Crippen LogP contribution is -2.31. The van der Waals surface area contributed by atoms with E-state index in [0.29, 0.717) is 17.9 Å². The van der Waals surface area contributed by atoms with Gasteiger partial charge in [0.1, 0.15) is 0 Å². The van der Waals surface area contributed by atoms with Crippen LogP contribution in [-0.4, -0.2) is 56.2 Å². The van der Waals surface area contributed by atoms with E-state index in [2.05, 4.69) is 16.0 Å². The molecule has 0 radical (unpaired) electrons. The molecule has 7 heteroatoms. The van der Waals surface area contributed by atoms with E-state index >= 15 is 0 Å². The van der Waals surface area contributed by atoms with E-state index in [-0.39, 0.29) is 11.6 Å². The fourth-order valence-electron chi connectivity index (χ4n) is 1.74. The van der Waals surface area contributed by atoms with Gasteiger partial charge in [0.05, 0.1) is 5.56 Å². The van der Waals surface area contributed by atoms with Crippen LogP contribution in [0.2, 0.25) is 0 Å². The molecule has 0 aliphatic heterocycles. The molecular weight excluding hydrogens is 272 g/mol. The van der Waals surface area contributed by atoms with Crippen molar-refractivity contribution in [3.8, 4) is 0 Å².